The van der Waals surface area contributed by atoms with E-state index in [9.17, 15) is 9.50 Å². The van der Waals surface area contributed by atoms with E-state index in [0.29, 0.717) is 13.0 Å². The highest BCUT2D eigenvalue weighted by molar-refractivity contribution is 5.21. The molecular weight excluding hydrogens is 169 g/mol. The minimum absolute atomic E-state index is 0.176. The number of rotatable bonds is 1. The maximum Gasteiger partial charge on any atom is 0.123 e. The second-order valence-electron chi connectivity index (χ2n) is 3.40. The van der Waals surface area contributed by atoms with Crippen molar-refractivity contribution in [3.8, 4) is 0 Å². The molecular formula is C10H12FNO. The van der Waals surface area contributed by atoms with Gasteiger partial charge < -0.3 is 10.4 Å². The molecule has 0 aromatic heterocycles. The first kappa shape index (κ1) is 8.66. The molecule has 13 heavy (non-hydrogen) atoms. The van der Waals surface area contributed by atoms with Crippen molar-refractivity contribution >= 4 is 0 Å². The van der Waals surface area contributed by atoms with Crippen LogP contribution in [0.2, 0.25) is 0 Å². The van der Waals surface area contributed by atoms with Crippen LogP contribution in [-0.2, 0) is 0 Å². The number of nitrogens with one attached hydrogen (secondary N) is 1. The van der Waals surface area contributed by atoms with E-state index in [1.807, 2.05) is 0 Å². The molecule has 2 unspecified atom stereocenters. The van der Waals surface area contributed by atoms with Crippen molar-refractivity contribution in [1.29, 1.82) is 0 Å². The smallest absolute Gasteiger partial charge is 0.123 e. The number of halogens is 1. The van der Waals surface area contributed by atoms with Gasteiger partial charge in [0.1, 0.15) is 5.82 Å². The number of aliphatic hydroxyl groups excluding tert-OH is 1. The van der Waals surface area contributed by atoms with E-state index in [1.165, 1.54) is 12.1 Å². The molecule has 1 saturated heterocycles. The van der Waals surface area contributed by atoms with Crippen LogP contribution in [0.5, 0.6) is 0 Å². The van der Waals surface area contributed by atoms with Gasteiger partial charge in [-0.3, -0.25) is 0 Å². The predicted octanol–water partition coefficient (Wildman–Crippen LogP) is 1.22. The Bertz CT molecular complexity index is 285. The summed E-state index contributed by atoms with van der Waals surface area (Å²) >= 11 is 0. The van der Waals surface area contributed by atoms with Crippen LogP contribution in [-0.4, -0.2) is 17.8 Å². The molecule has 0 amide bonds. The van der Waals surface area contributed by atoms with Crippen molar-refractivity contribution in [1.82, 2.24) is 5.32 Å². The molecule has 2 N–H and O–H groups in total. The third kappa shape index (κ3) is 1.87. The molecule has 1 aliphatic rings. The summed E-state index contributed by atoms with van der Waals surface area (Å²) in [4.78, 5) is 0. The van der Waals surface area contributed by atoms with E-state index in [4.69, 9.17) is 0 Å². The molecule has 1 aliphatic heterocycles. The van der Waals surface area contributed by atoms with Gasteiger partial charge >= 0.3 is 0 Å². The van der Waals surface area contributed by atoms with Gasteiger partial charge in [0.2, 0.25) is 0 Å². The first-order valence-corrected chi connectivity index (χ1v) is 4.42. The molecule has 0 aliphatic carbocycles. The Balaban J connectivity index is 2.13. The zero-order valence-corrected chi connectivity index (χ0v) is 7.20. The standard InChI is InChI=1S/C10H12FNO/c11-8-3-1-7(2-4-8)10-5-9(13)6-12-10/h1-4,9-10,12-13H,5-6H2. The van der Waals surface area contributed by atoms with Gasteiger partial charge in [-0.1, -0.05) is 12.1 Å². The van der Waals surface area contributed by atoms with E-state index >= 15 is 0 Å². The summed E-state index contributed by atoms with van der Waals surface area (Å²) in [5.41, 5.74) is 1.04. The van der Waals surface area contributed by atoms with Crippen LogP contribution in [0.1, 0.15) is 18.0 Å². The number of hydrogen-bond acceptors (Lipinski definition) is 2. The molecule has 1 aromatic carbocycles. The van der Waals surface area contributed by atoms with Crippen LogP contribution in [0, 0.1) is 5.82 Å². The normalized spacial score (nSPS) is 27.8. The molecule has 2 atom stereocenters. The molecule has 0 saturated carbocycles. The van der Waals surface area contributed by atoms with Crippen molar-refractivity contribution in [3.05, 3.63) is 35.6 Å². The van der Waals surface area contributed by atoms with E-state index in [2.05, 4.69) is 5.32 Å². The Morgan fingerprint density at radius 2 is 2.00 bits per heavy atom. The Morgan fingerprint density at radius 1 is 1.31 bits per heavy atom. The van der Waals surface area contributed by atoms with Crippen molar-refractivity contribution < 1.29 is 9.50 Å². The minimum Gasteiger partial charge on any atom is -0.392 e. The van der Waals surface area contributed by atoms with E-state index in [0.717, 1.165) is 5.56 Å². The van der Waals surface area contributed by atoms with Gasteiger partial charge in [-0.05, 0) is 24.1 Å². The van der Waals surface area contributed by atoms with Crippen LogP contribution >= 0.6 is 0 Å². The number of β-amino-alcohol motifs (C(OH)–C–C–N with tert-alkyl or cyclic N) is 1. The van der Waals surface area contributed by atoms with Crippen LogP contribution in [0.4, 0.5) is 4.39 Å². The van der Waals surface area contributed by atoms with E-state index in [1.54, 1.807) is 12.1 Å². The molecule has 0 radical (unpaired) electrons. The van der Waals surface area contributed by atoms with Crippen LogP contribution in [0.15, 0.2) is 24.3 Å². The first-order chi connectivity index (χ1) is 6.25. The molecule has 70 valence electrons. The highest BCUT2D eigenvalue weighted by Crippen LogP contribution is 2.23. The Labute approximate surface area is 76.4 Å². The van der Waals surface area contributed by atoms with Gasteiger partial charge in [0.15, 0.2) is 0 Å². The topological polar surface area (TPSA) is 32.3 Å². The summed E-state index contributed by atoms with van der Waals surface area (Å²) in [5, 5.41) is 12.4. The van der Waals surface area contributed by atoms with Gasteiger partial charge in [-0.2, -0.15) is 0 Å². The number of benzene rings is 1. The van der Waals surface area contributed by atoms with Gasteiger partial charge in [0.25, 0.3) is 0 Å². The lowest BCUT2D eigenvalue weighted by molar-refractivity contribution is 0.193. The molecule has 1 heterocycles. The Morgan fingerprint density at radius 3 is 2.54 bits per heavy atom. The molecule has 2 rings (SSSR count). The summed E-state index contributed by atoms with van der Waals surface area (Å²) in [6.07, 6.45) is 0.445. The van der Waals surface area contributed by atoms with E-state index < -0.39 is 0 Å². The lowest BCUT2D eigenvalue weighted by Crippen LogP contribution is -2.14. The van der Waals surface area contributed by atoms with Gasteiger partial charge in [0, 0.05) is 12.6 Å². The quantitative estimate of drug-likeness (QED) is 0.682. The molecule has 3 heteroatoms. The molecule has 0 bridgehead atoms. The summed E-state index contributed by atoms with van der Waals surface area (Å²) in [6, 6.07) is 6.58. The summed E-state index contributed by atoms with van der Waals surface area (Å²) in [6.45, 7) is 0.627. The number of hydrogen-bond donors (Lipinski definition) is 2. The maximum absolute atomic E-state index is 12.6. The maximum atomic E-state index is 12.6. The Hall–Kier alpha value is -0.930. The molecule has 2 nitrogen and oxygen atoms in total. The molecule has 1 aromatic rings. The summed E-state index contributed by atoms with van der Waals surface area (Å²) < 4.78 is 12.6. The van der Waals surface area contributed by atoms with Crippen LogP contribution in [0.3, 0.4) is 0 Å². The van der Waals surface area contributed by atoms with Gasteiger partial charge in [-0.25, -0.2) is 4.39 Å². The fourth-order valence-corrected chi connectivity index (χ4v) is 1.67. The average Bonchev–Trinajstić information content (AvgIpc) is 2.53. The van der Waals surface area contributed by atoms with Crippen LogP contribution < -0.4 is 5.32 Å². The first-order valence-electron chi connectivity index (χ1n) is 4.42. The third-order valence-electron chi connectivity index (χ3n) is 2.38. The Kier molecular flexibility index (Phi) is 2.29. The zero-order chi connectivity index (χ0) is 9.26. The average molecular weight is 181 g/mol. The SMILES string of the molecule is OC1CNC(c2ccc(F)cc2)C1. The van der Waals surface area contributed by atoms with Crippen molar-refractivity contribution in [2.75, 3.05) is 6.54 Å². The monoisotopic (exact) mass is 181 g/mol. The summed E-state index contributed by atoms with van der Waals surface area (Å²) in [5.74, 6) is -0.220. The van der Waals surface area contributed by atoms with Crippen molar-refractivity contribution in [2.24, 2.45) is 0 Å². The highest BCUT2D eigenvalue weighted by atomic mass is 19.1. The second kappa shape index (κ2) is 3.44. The zero-order valence-electron chi connectivity index (χ0n) is 7.20. The fourth-order valence-electron chi connectivity index (χ4n) is 1.67. The van der Waals surface area contributed by atoms with Crippen molar-refractivity contribution in [2.45, 2.75) is 18.6 Å². The van der Waals surface area contributed by atoms with E-state index in [-0.39, 0.29) is 18.0 Å². The second-order valence-corrected chi connectivity index (χ2v) is 3.40. The lowest BCUT2D eigenvalue weighted by atomic mass is 10.1. The highest BCUT2D eigenvalue weighted by Gasteiger charge is 2.22. The summed E-state index contributed by atoms with van der Waals surface area (Å²) in [7, 11) is 0. The largest absolute Gasteiger partial charge is 0.392 e. The molecule has 1 fully saturated rings. The minimum atomic E-state index is -0.268. The predicted molar refractivity (Wildman–Crippen MR) is 47.8 cm³/mol. The van der Waals surface area contributed by atoms with Gasteiger partial charge in [0.05, 0.1) is 6.10 Å². The number of aliphatic hydroxyl groups is 1. The lowest BCUT2D eigenvalue weighted by Gasteiger charge is -2.09. The molecule has 0 spiro atoms. The van der Waals surface area contributed by atoms with Gasteiger partial charge in [-0.15, -0.1) is 0 Å². The fraction of sp³-hybridized carbons (Fsp3) is 0.400. The third-order valence-corrected chi connectivity index (χ3v) is 2.38. The van der Waals surface area contributed by atoms with Crippen LogP contribution in [0.25, 0.3) is 0 Å². The van der Waals surface area contributed by atoms with Crippen molar-refractivity contribution in [3.63, 3.8) is 0 Å².